The van der Waals surface area contributed by atoms with Crippen molar-refractivity contribution in [3.05, 3.63) is 42.7 Å². The first-order valence-corrected chi connectivity index (χ1v) is 4.96. The van der Waals surface area contributed by atoms with Crippen LogP contribution in [0.5, 0.6) is 5.88 Å². The Morgan fingerprint density at radius 2 is 2.18 bits per heavy atom. The number of benzene rings is 1. The average Bonchev–Trinajstić information content (AvgIpc) is 2.35. The lowest BCUT2D eigenvalue weighted by Gasteiger charge is -2.06. The van der Waals surface area contributed by atoms with E-state index < -0.39 is 5.97 Å². The van der Waals surface area contributed by atoms with Crippen molar-refractivity contribution in [2.24, 2.45) is 0 Å². The van der Waals surface area contributed by atoms with Crippen molar-refractivity contribution in [1.29, 1.82) is 0 Å². The summed E-state index contributed by atoms with van der Waals surface area (Å²) in [5, 5.41) is 9.57. The molecule has 0 bridgehead atoms. The molecule has 1 N–H and O–H groups in total. The molecular weight excluding hydrogens is 220 g/mol. The van der Waals surface area contributed by atoms with E-state index in [1.807, 2.05) is 6.07 Å². The van der Waals surface area contributed by atoms with Gasteiger partial charge in [-0.3, -0.25) is 0 Å². The second kappa shape index (κ2) is 4.61. The summed E-state index contributed by atoms with van der Waals surface area (Å²) in [6, 6.07) is 7.08. The molecule has 17 heavy (non-hydrogen) atoms. The van der Waals surface area contributed by atoms with Gasteiger partial charge in [-0.1, -0.05) is 24.8 Å². The quantitative estimate of drug-likeness (QED) is 0.812. The number of carbonyl (C=O) groups is 1. The molecule has 1 aromatic heterocycles. The van der Waals surface area contributed by atoms with Gasteiger partial charge >= 0.3 is 5.97 Å². The van der Waals surface area contributed by atoms with Gasteiger partial charge in [-0.15, -0.1) is 0 Å². The van der Waals surface area contributed by atoms with E-state index in [-0.39, 0.29) is 18.3 Å². The van der Waals surface area contributed by atoms with Gasteiger partial charge < -0.3 is 9.84 Å². The van der Waals surface area contributed by atoms with E-state index in [1.54, 1.807) is 24.3 Å². The molecule has 5 nitrogen and oxygen atoms in total. The van der Waals surface area contributed by atoms with E-state index in [0.29, 0.717) is 10.9 Å². The maximum atomic E-state index is 10.9. The van der Waals surface area contributed by atoms with Gasteiger partial charge in [-0.25, -0.2) is 9.78 Å². The molecule has 0 aliphatic rings. The summed E-state index contributed by atoms with van der Waals surface area (Å²) in [6.07, 6.45) is 1.57. The van der Waals surface area contributed by atoms with Gasteiger partial charge in [0.05, 0.1) is 10.9 Å². The van der Waals surface area contributed by atoms with Gasteiger partial charge in [0.1, 0.15) is 6.61 Å². The molecule has 1 aromatic carbocycles. The summed E-state index contributed by atoms with van der Waals surface area (Å²) in [4.78, 5) is 18.7. The number of nitrogens with zero attached hydrogens (tertiary/aromatic N) is 2. The Morgan fingerprint density at radius 1 is 1.41 bits per heavy atom. The summed E-state index contributed by atoms with van der Waals surface area (Å²) < 4.78 is 5.33. The van der Waals surface area contributed by atoms with Crippen molar-refractivity contribution in [3.63, 3.8) is 0 Å². The predicted octanol–water partition coefficient (Wildman–Crippen LogP) is 1.89. The fourth-order valence-corrected chi connectivity index (χ4v) is 1.39. The highest BCUT2D eigenvalue weighted by atomic mass is 16.5. The van der Waals surface area contributed by atoms with Crippen LogP contribution in [0.15, 0.2) is 36.9 Å². The van der Waals surface area contributed by atoms with E-state index in [9.17, 15) is 4.79 Å². The van der Waals surface area contributed by atoms with Crippen LogP contribution in [0.25, 0.3) is 10.9 Å². The number of carboxylic acid groups (broad SMARTS) is 1. The van der Waals surface area contributed by atoms with Crippen molar-refractivity contribution in [3.8, 4) is 5.88 Å². The van der Waals surface area contributed by atoms with E-state index >= 15 is 0 Å². The molecule has 0 amide bonds. The number of rotatable bonds is 4. The molecule has 0 radical (unpaired) electrons. The number of aromatic nitrogens is 2. The van der Waals surface area contributed by atoms with Gasteiger partial charge in [-0.2, -0.15) is 4.98 Å². The number of hydrogen-bond acceptors (Lipinski definition) is 4. The lowest BCUT2D eigenvalue weighted by molar-refractivity contribution is 0.0682. The molecule has 2 rings (SSSR count). The summed E-state index contributed by atoms with van der Waals surface area (Å²) in [5.41, 5.74) is 0.541. The SMILES string of the molecule is C=CCOc1nc(C(=O)O)nc2ccccc12. The summed E-state index contributed by atoms with van der Waals surface area (Å²) >= 11 is 0. The van der Waals surface area contributed by atoms with Gasteiger partial charge in [0, 0.05) is 0 Å². The molecule has 0 aliphatic carbocycles. The third kappa shape index (κ3) is 2.23. The first-order valence-electron chi connectivity index (χ1n) is 4.96. The molecule has 5 heteroatoms. The van der Waals surface area contributed by atoms with Gasteiger partial charge in [-0.05, 0) is 12.1 Å². The minimum absolute atomic E-state index is 0.257. The van der Waals surface area contributed by atoms with Crippen molar-refractivity contribution >= 4 is 16.9 Å². The largest absolute Gasteiger partial charge is 0.475 e. The summed E-state index contributed by atoms with van der Waals surface area (Å²) in [7, 11) is 0. The number of para-hydroxylation sites is 1. The zero-order valence-corrected chi connectivity index (χ0v) is 8.96. The lowest BCUT2D eigenvalue weighted by Crippen LogP contribution is -2.07. The minimum atomic E-state index is -1.18. The normalized spacial score (nSPS) is 10.1. The highest BCUT2D eigenvalue weighted by Gasteiger charge is 2.12. The Bertz CT molecular complexity index is 581. The van der Waals surface area contributed by atoms with Crippen molar-refractivity contribution in [2.45, 2.75) is 0 Å². The molecule has 1 heterocycles. The van der Waals surface area contributed by atoms with Crippen LogP contribution >= 0.6 is 0 Å². The lowest BCUT2D eigenvalue weighted by atomic mass is 10.2. The molecule has 0 aliphatic heterocycles. The van der Waals surface area contributed by atoms with Crippen LogP contribution in [0.1, 0.15) is 10.6 Å². The Hall–Kier alpha value is -2.43. The van der Waals surface area contributed by atoms with E-state index in [1.165, 1.54) is 0 Å². The number of carboxylic acids is 1. The van der Waals surface area contributed by atoms with Crippen LogP contribution in [0.2, 0.25) is 0 Å². The van der Waals surface area contributed by atoms with E-state index in [4.69, 9.17) is 9.84 Å². The number of fused-ring (bicyclic) bond motifs is 1. The predicted molar refractivity (Wildman–Crippen MR) is 62.2 cm³/mol. The third-order valence-corrected chi connectivity index (χ3v) is 2.10. The first-order chi connectivity index (χ1) is 8.22. The molecule has 0 fully saturated rings. The molecular formula is C12H10N2O3. The Kier molecular flexibility index (Phi) is 3.00. The molecule has 2 aromatic rings. The topological polar surface area (TPSA) is 72.3 Å². The number of aromatic carboxylic acids is 1. The number of ether oxygens (including phenoxy) is 1. The van der Waals surface area contributed by atoms with E-state index in [0.717, 1.165) is 0 Å². The molecule has 0 saturated carbocycles. The van der Waals surface area contributed by atoms with Gasteiger partial charge in [0.25, 0.3) is 0 Å². The summed E-state index contributed by atoms with van der Waals surface area (Å²) in [6.45, 7) is 3.79. The zero-order valence-electron chi connectivity index (χ0n) is 8.96. The molecule has 0 saturated heterocycles. The minimum Gasteiger partial charge on any atom is -0.475 e. The van der Waals surface area contributed by atoms with Crippen LogP contribution < -0.4 is 4.74 Å². The van der Waals surface area contributed by atoms with Crippen molar-refractivity contribution in [1.82, 2.24) is 9.97 Å². The molecule has 0 atom stereocenters. The smallest absolute Gasteiger partial charge is 0.374 e. The molecule has 86 valence electrons. The second-order valence-electron chi connectivity index (χ2n) is 3.27. The highest BCUT2D eigenvalue weighted by molar-refractivity contribution is 5.89. The van der Waals surface area contributed by atoms with Gasteiger partial charge in [0.15, 0.2) is 0 Å². The van der Waals surface area contributed by atoms with Crippen molar-refractivity contribution in [2.75, 3.05) is 6.61 Å². The molecule has 0 unspecified atom stereocenters. The second-order valence-corrected chi connectivity index (χ2v) is 3.27. The summed E-state index contributed by atoms with van der Waals surface area (Å²) in [5.74, 6) is -1.20. The highest BCUT2D eigenvalue weighted by Crippen LogP contribution is 2.22. The maximum Gasteiger partial charge on any atom is 0.374 e. The van der Waals surface area contributed by atoms with Crippen LogP contribution in [-0.4, -0.2) is 27.7 Å². The fraction of sp³-hybridized carbons (Fsp3) is 0.0833. The van der Waals surface area contributed by atoms with Crippen LogP contribution in [0.3, 0.4) is 0 Å². The Labute approximate surface area is 97.4 Å². The van der Waals surface area contributed by atoms with Crippen LogP contribution in [0.4, 0.5) is 0 Å². The maximum absolute atomic E-state index is 10.9. The van der Waals surface area contributed by atoms with Crippen LogP contribution in [-0.2, 0) is 0 Å². The number of hydrogen-bond donors (Lipinski definition) is 1. The third-order valence-electron chi connectivity index (χ3n) is 2.10. The standard InChI is InChI=1S/C12H10N2O3/c1-2-7-17-11-8-5-3-4-6-9(8)13-10(14-11)12(15)16/h2-6H,1,7H2,(H,15,16). The van der Waals surface area contributed by atoms with Crippen LogP contribution in [0, 0.1) is 0 Å². The Balaban J connectivity index is 2.60. The average molecular weight is 230 g/mol. The first kappa shape index (κ1) is 11.1. The fourth-order valence-electron chi connectivity index (χ4n) is 1.39. The van der Waals surface area contributed by atoms with Gasteiger partial charge in [0.2, 0.25) is 11.7 Å². The van der Waals surface area contributed by atoms with E-state index in [2.05, 4.69) is 16.5 Å². The van der Waals surface area contributed by atoms with Crippen molar-refractivity contribution < 1.29 is 14.6 Å². The molecule has 0 spiro atoms. The Morgan fingerprint density at radius 3 is 2.88 bits per heavy atom. The monoisotopic (exact) mass is 230 g/mol. The zero-order chi connectivity index (χ0) is 12.3.